The van der Waals surface area contributed by atoms with Gasteiger partial charge in [0.15, 0.2) is 5.78 Å². The van der Waals surface area contributed by atoms with Crippen LogP contribution in [0.1, 0.15) is 30.1 Å². The van der Waals surface area contributed by atoms with E-state index >= 15 is 0 Å². The zero-order valence-electron chi connectivity index (χ0n) is 10.2. The van der Waals surface area contributed by atoms with E-state index in [0.29, 0.717) is 6.42 Å². The van der Waals surface area contributed by atoms with Gasteiger partial charge in [0, 0.05) is 34.5 Å². The van der Waals surface area contributed by atoms with Crippen LogP contribution in [-0.2, 0) is 0 Å². The average Bonchev–Trinajstić information content (AvgIpc) is 2.76. The fourth-order valence-corrected chi connectivity index (χ4v) is 2.27. The molecule has 0 bridgehead atoms. The number of fused-ring (bicyclic) bond motifs is 3. The summed E-state index contributed by atoms with van der Waals surface area (Å²) in [5.74, 6) is 0.206. The molecule has 0 fully saturated rings. The molecule has 3 heteroatoms. The van der Waals surface area contributed by atoms with E-state index in [2.05, 4.69) is 9.97 Å². The molecule has 90 valence electrons. The summed E-state index contributed by atoms with van der Waals surface area (Å²) in [6.07, 6.45) is 3.25. The van der Waals surface area contributed by atoms with Crippen LogP contribution in [0.15, 0.2) is 36.5 Å². The van der Waals surface area contributed by atoms with Crippen molar-refractivity contribution in [3.05, 3.63) is 42.1 Å². The number of nitrogens with one attached hydrogen (secondary N) is 1. The number of hydrogen-bond acceptors (Lipinski definition) is 2. The third-order valence-electron chi connectivity index (χ3n) is 3.17. The zero-order valence-corrected chi connectivity index (χ0v) is 10.2. The van der Waals surface area contributed by atoms with Crippen LogP contribution in [0, 0.1) is 0 Å². The van der Waals surface area contributed by atoms with Gasteiger partial charge in [-0.2, -0.15) is 0 Å². The predicted molar refractivity (Wildman–Crippen MR) is 72.8 cm³/mol. The lowest BCUT2D eigenvalue weighted by atomic mass is 10.0. The van der Waals surface area contributed by atoms with E-state index in [9.17, 15) is 4.79 Å². The highest BCUT2D eigenvalue weighted by Crippen LogP contribution is 2.25. The van der Waals surface area contributed by atoms with Crippen molar-refractivity contribution in [3.63, 3.8) is 0 Å². The number of carbonyl (C=O) groups excluding carboxylic acids is 1. The maximum absolute atomic E-state index is 11.9. The van der Waals surface area contributed by atoms with Gasteiger partial charge in [0.05, 0.1) is 0 Å². The quantitative estimate of drug-likeness (QED) is 0.707. The van der Waals surface area contributed by atoms with Gasteiger partial charge < -0.3 is 4.98 Å². The third kappa shape index (κ3) is 1.68. The van der Waals surface area contributed by atoms with Gasteiger partial charge >= 0.3 is 0 Å². The second-order valence-electron chi connectivity index (χ2n) is 4.46. The Morgan fingerprint density at radius 3 is 3.00 bits per heavy atom. The number of rotatable bonds is 3. The van der Waals surface area contributed by atoms with Gasteiger partial charge in [-0.1, -0.05) is 6.92 Å². The SMILES string of the molecule is CCCC(=O)c1ccc2[nH]c3ncccc3c2c1. The Hall–Kier alpha value is -2.16. The zero-order chi connectivity index (χ0) is 12.5. The molecule has 0 aliphatic rings. The standard InChI is InChI=1S/C15H14N2O/c1-2-4-14(18)10-6-7-13-12(9-10)11-5-3-8-16-15(11)17-13/h3,5-9H,2,4H2,1H3,(H,16,17). The number of aromatic nitrogens is 2. The smallest absolute Gasteiger partial charge is 0.162 e. The fraction of sp³-hybridized carbons (Fsp3) is 0.200. The lowest BCUT2D eigenvalue weighted by Gasteiger charge is -1.99. The molecule has 0 spiro atoms. The highest BCUT2D eigenvalue weighted by atomic mass is 16.1. The number of benzene rings is 1. The third-order valence-corrected chi connectivity index (χ3v) is 3.17. The molecule has 2 heterocycles. The summed E-state index contributed by atoms with van der Waals surface area (Å²) in [6, 6.07) is 9.74. The summed E-state index contributed by atoms with van der Waals surface area (Å²) >= 11 is 0. The van der Waals surface area contributed by atoms with Gasteiger partial charge in [-0.3, -0.25) is 4.79 Å². The molecule has 0 atom stereocenters. The first-order chi connectivity index (χ1) is 8.79. The van der Waals surface area contributed by atoms with Gasteiger partial charge in [-0.15, -0.1) is 0 Å². The number of Topliss-reactive ketones (excluding diaryl/α,β-unsaturated/α-hetero) is 1. The molecule has 0 amide bonds. The highest BCUT2D eigenvalue weighted by Gasteiger charge is 2.09. The molecule has 3 aromatic rings. The maximum Gasteiger partial charge on any atom is 0.162 e. The minimum atomic E-state index is 0.206. The molecule has 0 saturated heterocycles. The first kappa shape index (κ1) is 11.0. The summed E-state index contributed by atoms with van der Waals surface area (Å²) in [5, 5.41) is 2.14. The maximum atomic E-state index is 11.9. The molecule has 0 radical (unpaired) electrons. The number of carbonyl (C=O) groups is 1. The molecule has 2 aromatic heterocycles. The van der Waals surface area contributed by atoms with Gasteiger partial charge in [0.1, 0.15) is 5.65 Å². The average molecular weight is 238 g/mol. The molecule has 18 heavy (non-hydrogen) atoms. The van der Waals surface area contributed by atoms with Crippen molar-refractivity contribution in [2.24, 2.45) is 0 Å². The lowest BCUT2D eigenvalue weighted by Crippen LogP contribution is -1.97. The molecule has 1 aromatic carbocycles. The Balaban J connectivity index is 2.21. The van der Waals surface area contributed by atoms with Gasteiger partial charge in [-0.05, 0) is 36.8 Å². The molecule has 0 unspecified atom stereocenters. The molecule has 0 aliphatic carbocycles. The number of aromatic amines is 1. The second kappa shape index (κ2) is 4.26. The summed E-state index contributed by atoms with van der Waals surface area (Å²) in [4.78, 5) is 19.5. The number of pyridine rings is 1. The minimum Gasteiger partial charge on any atom is -0.339 e. The summed E-state index contributed by atoms with van der Waals surface area (Å²) in [7, 11) is 0. The van der Waals surface area contributed by atoms with Crippen LogP contribution >= 0.6 is 0 Å². The molecular weight excluding hydrogens is 224 g/mol. The lowest BCUT2D eigenvalue weighted by molar-refractivity contribution is 0.0982. The summed E-state index contributed by atoms with van der Waals surface area (Å²) in [6.45, 7) is 2.02. The van der Waals surface area contributed by atoms with Gasteiger partial charge in [0.25, 0.3) is 0 Å². The Labute approximate surface area is 105 Å². The Morgan fingerprint density at radius 2 is 2.17 bits per heavy atom. The second-order valence-corrected chi connectivity index (χ2v) is 4.46. The van der Waals surface area contributed by atoms with Crippen LogP contribution in [0.2, 0.25) is 0 Å². The first-order valence-electron chi connectivity index (χ1n) is 6.19. The predicted octanol–water partition coefficient (Wildman–Crippen LogP) is 3.70. The van der Waals surface area contributed by atoms with Crippen molar-refractivity contribution in [1.82, 2.24) is 9.97 Å². The normalized spacial score (nSPS) is 11.2. The van der Waals surface area contributed by atoms with E-state index in [1.807, 2.05) is 37.3 Å². The van der Waals surface area contributed by atoms with E-state index in [4.69, 9.17) is 0 Å². The minimum absolute atomic E-state index is 0.206. The van der Waals surface area contributed by atoms with E-state index in [0.717, 1.165) is 33.9 Å². The van der Waals surface area contributed by atoms with E-state index in [1.165, 1.54) is 0 Å². The molecule has 0 aliphatic heterocycles. The van der Waals surface area contributed by atoms with Crippen molar-refractivity contribution in [1.29, 1.82) is 0 Å². The molecule has 3 rings (SSSR count). The molecular formula is C15H14N2O. The van der Waals surface area contributed by atoms with E-state index in [-0.39, 0.29) is 5.78 Å². The number of nitrogens with zero attached hydrogens (tertiary/aromatic N) is 1. The van der Waals surface area contributed by atoms with Gasteiger partial charge in [0.2, 0.25) is 0 Å². The van der Waals surface area contributed by atoms with Crippen LogP contribution in [0.5, 0.6) is 0 Å². The molecule has 3 nitrogen and oxygen atoms in total. The van der Waals surface area contributed by atoms with E-state index < -0.39 is 0 Å². The largest absolute Gasteiger partial charge is 0.339 e. The van der Waals surface area contributed by atoms with E-state index in [1.54, 1.807) is 6.20 Å². The van der Waals surface area contributed by atoms with Crippen molar-refractivity contribution in [2.75, 3.05) is 0 Å². The molecule has 0 saturated carbocycles. The van der Waals surface area contributed by atoms with Crippen LogP contribution in [0.3, 0.4) is 0 Å². The van der Waals surface area contributed by atoms with Gasteiger partial charge in [-0.25, -0.2) is 4.98 Å². The number of hydrogen-bond donors (Lipinski definition) is 1. The summed E-state index contributed by atoms with van der Waals surface area (Å²) in [5.41, 5.74) is 2.68. The monoisotopic (exact) mass is 238 g/mol. The van der Waals surface area contributed by atoms with Crippen LogP contribution < -0.4 is 0 Å². The number of ketones is 1. The van der Waals surface area contributed by atoms with Crippen LogP contribution in [0.25, 0.3) is 21.9 Å². The van der Waals surface area contributed by atoms with Crippen LogP contribution in [-0.4, -0.2) is 15.8 Å². The van der Waals surface area contributed by atoms with Crippen molar-refractivity contribution >= 4 is 27.7 Å². The van der Waals surface area contributed by atoms with Crippen LogP contribution in [0.4, 0.5) is 0 Å². The first-order valence-corrected chi connectivity index (χ1v) is 6.19. The highest BCUT2D eigenvalue weighted by molar-refractivity contribution is 6.09. The summed E-state index contributed by atoms with van der Waals surface area (Å²) < 4.78 is 0. The van der Waals surface area contributed by atoms with Crippen molar-refractivity contribution in [3.8, 4) is 0 Å². The Kier molecular flexibility index (Phi) is 2.59. The topological polar surface area (TPSA) is 45.8 Å². The number of H-pyrrole nitrogens is 1. The fourth-order valence-electron chi connectivity index (χ4n) is 2.27. The Morgan fingerprint density at radius 1 is 1.28 bits per heavy atom. The van der Waals surface area contributed by atoms with Crippen molar-refractivity contribution in [2.45, 2.75) is 19.8 Å². The Bertz CT molecular complexity index is 728. The van der Waals surface area contributed by atoms with Crippen molar-refractivity contribution < 1.29 is 4.79 Å². The molecule has 1 N–H and O–H groups in total.